The highest BCUT2D eigenvalue weighted by atomic mass is 16.7. The molecule has 0 spiro atoms. The Balaban J connectivity index is 2.14. The van der Waals surface area contributed by atoms with Crippen LogP contribution in [0.25, 0.3) is 0 Å². The summed E-state index contributed by atoms with van der Waals surface area (Å²) in [6.07, 6.45) is -0.798. The molecular weight excluding hydrogens is 302 g/mol. The van der Waals surface area contributed by atoms with E-state index in [-0.39, 0.29) is 30.4 Å². The van der Waals surface area contributed by atoms with E-state index in [9.17, 15) is 14.4 Å². The summed E-state index contributed by atoms with van der Waals surface area (Å²) in [6, 6.07) is 6.36. The number of hydroxylamine groups is 2. The molecule has 1 aliphatic heterocycles. The highest BCUT2D eigenvalue weighted by molar-refractivity contribution is 6.05. The van der Waals surface area contributed by atoms with Crippen LogP contribution in [0, 0.1) is 0 Å². The molecule has 1 heterocycles. The van der Waals surface area contributed by atoms with Crippen LogP contribution in [0.5, 0.6) is 0 Å². The van der Waals surface area contributed by atoms with E-state index in [0.29, 0.717) is 0 Å². The Morgan fingerprint density at radius 2 is 1.87 bits per heavy atom. The van der Waals surface area contributed by atoms with Crippen molar-refractivity contribution in [1.29, 1.82) is 0 Å². The fourth-order valence-corrected chi connectivity index (χ4v) is 2.17. The number of nitrogens with zero attached hydrogens (tertiary/aromatic N) is 1. The Kier molecular flexibility index (Phi) is 5.33. The van der Waals surface area contributed by atoms with Gasteiger partial charge in [0, 0.05) is 6.92 Å². The smallest absolute Gasteiger partial charge is 0.339 e. The molecule has 0 N–H and O–H groups in total. The summed E-state index contributed by atoms with van der Waals surface area (Å²) in [5.41, 5.74) is 0.354. The summed E-state index contributed by atoms with van der Waals surface area (Å²) in [4.78, 5) is 40.8. The molecule has 0 saturated carbocycles. The molecule has 1 aliphatic rings. The zero-order valence-electron chi connectivity index (χ0n) is 13.3. The van der Waals surface area contributed by atoms with Crippen molar-refractivity contribution in [2.45, 2.75) is 33.0 Å². The first-order chi connectivity index (χ1) is 10.9. The predicted octanol–water partition coefficient (Wildman–Crippen LogP) is 1.57. The van der Waals surface area contributed by atoms with Gasteiger partial charge in [0.2, 0.25) is 0 Å². The molecule has 1 atom stereocenters. The first kappa shape index (κ1) is 17.0. The highest BCUT2D eigenvalue weighted by Crippen LogP contribution is 2.18. The molecule has 124 valence electrons. The van der Waals surface area contributed by atoms with Crippen LogP contribution in [0.3, 0.4) is 0 Å². The van der Waals surface area contributed by atoms with Crippen LogP contribution in [0.2, 0.25) is 0 Å². The summed E-state index contributed by atoms with van der Waals surface area (Å²) in [6.45, 7) is 4.98. The lowest BCUT2D eigenvalue weighted by atomic mass is 10.1. The Bertz CT molecular complexity index is 612. The van der Waals surface area contributed by atoms with Crippen molar-refractivity contribution >= 4 is 17.8 Å². The van der Waals surface area contributed by atoms with Gasteiger partial charge in [-0.15, -0.1) is 0 Å². The van der Waals surface area contributed by atoms with E-state index in [2.05, 4.69) is 0 Å². The van der Waals surface area contributed by atoms with Gasteiger partial charge in [-0.05, 0) is 26.0 Å². The second-order valence-corrected chi connectivity index (χ2v) is 5.39. The minimum atomic E-state index is -0.570. The van der Waals surface area contributed by atoms with Crippen LogP contribution in [0.1, 0.15) is 41.5 Å². The van der Waals surface area contributed by atoms with Crippen LogP contribution in [0.15, 0.2) is 24.3 Å². The Labute approximate surface area is 134 Å². The molecule has 2 rings (SSSR count). The van der Waals surface area contributed by atoms with Gasteiger partial charge in [-0.2, -0.15) is 0 Å². The third kappa shape index (κ3) is 4.29. The Hall–Kier alpha value is -2.41. The van der Waals surface area contributed by atoms with E-state index in [4.69, 9.17) is 14.3 Å². The molecule has 0 aromatic heterocycles. The normalized spacial score (nSPS) is 17.2. The number of rotatable bonds is 4. The molecule has 1 aromatic carbocycles. The van der Waals surface area contributed by atoms with Crippen molar-refractivity contribution in [2.75, 3.05) is 13.2 Å². The maximum absolute atomic E-state index is 12.5. The number of amides is 1. The summed E-state index contributed by atoms with van der Waals surface area (Å²) >= 11 is 0. The molecule has 1 saturated heterocycles. The monoisotopic (exact) mass is 321 g/mol. The topological polar surface area (TPSA) is 82.1 Å². The van der Waals surface area contributed by atoms with Gasteiger partial charge in [-0.1, -0.05) is 12.1 Å². The molecule has 0 aliphatic carbocycles. The molecule has 23 heavy (non-hydrogen) atoms. The minimum Gasteiger partial charge on any atom is -0.459 e. The molecule has 1 amide bonds. The lowest BCUT2D eigenvalue weighted by Gasteiger charge is -2.16. The van der Waals surface area contributed by atoms with Crippen molar-refractivity contribution in [3.63, 3.8) is 0 Å². The largest absolute Gasteiger partial charge is 0.459 e. The first-order valence-corrected chi connectivity index (χ1v) is 7.30. The van der Waals surface area contributed by atoms with E-state index in [1.54, 1.807) is 26.0 Å². The van der Waals surface area contributed by atoms with E-state index >= 15 is 0 Å². The number of carbonyl (C=O) groups is 3. The van der Waals surface area contributed by atoms with Crippen molar-refractivity contribution in [3.05, 3.63) is 35.4 Å². The summed E-state index contributed by atoms with van der Waals surface area (Å²) in [5.74, 6) is -1.48. The van der Waals surface area contributed by atoms with Crippen molar-refractivity contribution < 1.29 is 28.7 Å². The zero-order valence-corrected chi connectivity index (χ0v) is 13.3. The molecule has 1 aromatic rings. The SMILES string of the molecule is CC(=O)O[C@@H]1CON(C(=O)c2ccccc2C(=O)OC(C)C)C1. The van der Waals surface area contributed by atoms with Crippen LogP contribution >= 0.6 is 0 Å². The summed E-state index contributed by atoms with van der Waals surface area (Å²) in [7, 11) is 0. The van der Waals surface area contributed by atoms with E-state index in [0.717, 1.165) is 5.06 Å². The van der Waals surface area contributed by atoms with Crippen LogP contribution in [-0.4, -0.2) is 48.3 Å². The second-order valence-electron chi connectivity index (χ2n) is 5.39. The maximum atomic E-state index is 12.5. The zero-order chi connectivity index (χ0) is 17.0. The van der Waals surface area contributed by atoms with E-state index < -0.39 is 23.9 Å². The van der Waals surface area contributed by atoms with Crippen molar-refractivity contribution in [3.8, 4) is 0 Å². The van der Waals surface area contributed by atoms with Gasteiger partial charge in [0.25, 0.3) is 5.91 Å². The van der Waals surface area contributed by atoms with Gasteiger partial charge in [0.05, 0.1) is 23.8 Å². The fraction of sp³-hybridized carbons (Fsp3) is 0.438. The number of carbonyl (C=O) groups excluding carboxylic acids is 3. The third-order valence-electron chi connectivity index (χ3n) is 3.06. The maximum Gasteiger partial charge on any atom is 0.339 e. The van der Waals surface area contributed by atoms with Gasteiger partial charge in [-0.3, -0.25) is 14.4 Å². The quantitative estimate of drug-likeness (QED) is 0.783. The Morgan fingerprint density at radius 3 is 2.48 bits per heavy atom. The standard InChI is InChI=1S/C16H19NO6/c1-10(2)22-16(20)14-7-5-4-6-13(14)15(19)17-8-12(9-21-17)23-11(3)18/h4-7,10,12H,8-9H2,1-3H3/t12-/m0/s1. The fourth-order valence-electron chi connectivity index (χ4n) is 2.17. The molecule has 1 fully saturated rings. The number of hydrogen-bond acceptors (Lipinski definition) is 6. The number of hydrogen-bond donors (Lipinski definition) is 0. The lowest BCUT2D eigenvalue weighted by Crippen LogP contribution is -2.31. The number of benzene rings is 1. The Morgan fingerprint density at radius 1 is 1.22 bits per heavy atom. The molecule has 7 nitrogen and oxygen atoms in total. The van der Waals surface area contributed by atoms with Gasteiger partial charge in [0.1, 0.15) is 12.7 Å². The minimum absolute atomic E-state index is 0.101. The van der Waals surface area contributed by atoms with Gasteiger partial charge in [-0.25, -0.2) is 9.86 Å². The van der Waals surface area contributed by atoms with Crippen LogP contribution in [0.4, 0.5) is 0 Å². The highest BCUT2D eigenvalue weighted by Gasteiger charge is 2.32. The summed E-state index contributed by atoms with van der Waals surface area (Å²) in [5, 5.41) is 1.09. The average Bonchev–Trinajstić information content (AvgIpc) is 2.93. The van der Waals surface area contributed by atoms with Crippen molar-refractivity contribution in [2.24, 2.45) is 0 Å². The molecular formula is C16H19NO6. The second kappa shape index (κ2) is 7.23. The molecule has 0 bridgehead atoms. The van der Waals surface area contributed by atoms with Crippen molar-refractivity contribution in [1.82, 2.24) is 5.06 Å². The molecule has 7 heteroatoms. The van der Waals surface area contributed by atoms with Gasteiger partial charge >= 0.3 is 11.9 Å². The molecule has 0 unspecified atom stereocenters. The average molecular weight is 321 g/mol. The third-order valence-corrected chi connectivity index (χ3v) is 3.06. The van der Waals surface area contributed by atoms with Crippen LogP contribution in [-0.2, 0) is 19.1 Å². The predicted molar refractivity (Wildman–Crippen MR) is 79.5 cm³/mol. The first-order valence-electron chi connectivity index (χ1n) is 7.30. The van der Waals surface area contributed by atoms with E-state index in [1.165, 1.54) is 19.1 Å². The number of esters is 2. The number of ether oxygens (including phenoxy) is 2. The van der Waals surface area contributed by atoms with Crippen LogP contribution < -0.4 is 0 Å². The lowest BCUT2D eigenvalue weighted by molar-refractivity contribution is -0.145. The van der Waals surface area contributed by atoms with Gasteiger partial charge < -0.3 is 9.47 Å². The molecule has 0 radical (unpaired) electrons. The van der Waals surface area contributed by atoms with E-state index in [1.807, 2.05) is 0 Å². The summed E-state index contributed by atoms with van der Waals surface area (Å²) < 4.78 is 10.2. The van der Waals surface area contributed by atoms with Gasteiger partial charge in [0.15, 0.2) is 0 Å².